The molecule has 1 aromatic carbocycles. The molecule has 0 aliphatic carbocycles. The lowest BCUT2D eigenvalue weighted by atomic mass is 9.83. The fourth-order valence-electron chi connectivity index (χ4n) is 2.90. The van der Waals surface area contributed by atoms with E-state index in [9.17, 15) is 5.26 Å². The molecule has 0 amide bonds. The fourth-order valence-corrected chi connectivity index (χ4v) is 2.90. The molecule has 1 atom stereocenters. The van der Waals surface area contributed by atoms with Gasteiger partial charge in [0.15, 0.2) is 0 Å². The Kier molecular flexibility index (Phi) is 3.76. The molecule has 1 aliphatic heterocycles. The summed E-state index contributed by atoms with van der Waals surface area (Å²) in [6, 6.07) is 12.1. The molecule has 2 N–H and O–H groups in total. The minimum absolute atomic E-state index is 0.221. The zero-order valence-corrected chi connectivity index (χ0v) is 12.3. The second-order valence-corrected chi connectivity index (χ2v) is 6.13. The van der Waals surface area contributed by atoms with Gasteiger partial charge in [-0.15, -0.1) is 0 Å². The summed E-state index contributed by atoms with van der Waals surface area (Å²) in [6.45, 7) is 5.22. The predicted molar refractivity (Wildman–Crippen MR) is 85.2 cm³/mol. The van der Waals surface area contributed by atoms with Crippen LogP contribution in [0.3, 0.4) is 0 Å². The number of rotatable bonds is 3. The summed E-state index contributed by atoms with van der Waals surface area (Å²) in [5, 5.41) is 17.2. The van der Waals surface area contributed by atoms with E-state index < -0.39 is 0 Å². The van der Waals surface area contributed by atoms with E-state index in [4.69, 9.17) is 0 Å². The van der Waals surface area contributed by atoms with Crippen LogP contribution in [0, 0.1) is 16.7 Å². The number of fused-ring (bicyclic) bond motifs is 1. The first kappa shape index (κ1) is 13.8. The van der Waals surface area contributed by atoms with Gasteiger partial charge in [-0.2, -0.15) is 5.26 Å². The quantitative estimate of drug-likeness (QED) is 0.907. The van der Waals surface area contributed by atoms with E-state index in [0.29, 0.717) is 11.4 Å². The fraction of sp³-hybridized carbons (Fsp3) is 0.412. The molecule has 108 valence electrons. The zero-order valence-electron chi connectivity index (χ0n) is 12.3. The molecule has 4 nitrogen and oxygen atoms in total. The van der Waals surface area contributed by atoms with Gasteiger partial charge >= 0.3 is 0 Å². The van der Waals surface area contributed by atoms with E-state index in [2.05, 4.69) is 28.6 Å². The van der Waals surface area contributed by atoms with Gasteiger partial charge in [-0.1, -0.05) is 25.1 Å². The van der Waals surface area contributed by atoms with Crippen molar-refractivity contribution in [1.29, 1.82) is 5.26 Å². The number of hydrogen-bond acceptors (Lipinski definition) is 4. The van der Waals surface area contributed by atoms with Crippen molar-refractivity contribution in [3.8, 4) is 6.07 Å². The summed E-state index contributed by atoms with van der Waals surface area (Å²) in [5.74, 6) is 0.697. The second kappa shape index (κ2) is 5.71. The third kappa shape index (κ3) is 2.98. The van der Waals surface area contributed by atoms with E-state index in [-0.39, 0.29) is 5.41 Å². The molecule has 1 unspecified atom stereocenters. The van der Waals surface area contributed by atoms with Crippen molar-refractivity contribution in [3.05, 3.63) is 35.9 Å². The highest BCUT2D eigenvalue weighted by Gasteiger charge is 2.26. The molecular formula is C17H20N4. The van der Waals surface area contributed by atoms with Crippen molar-refractivity contribution >= 4 is 16.7 Å². The van der Waals surface area contributed by atoms with Gasteiger partial charge in [0.1, 0.15) is 11.9 Å². The van der Waals surface area contributed by atoms with Crippen molar-refractivity contribution in [3.63, 3.8) is 0 Å². The Morgan fingerprint density at radius 3 is 3.05 bits per heavy atom. The van der Waals surface area contributed by atoms with E-state index in [0.717, 1.165) is 30.5 Å². The highest BCUT2D eigenvalue weighted by Crippen LogP contribution is 2.27. The summed E-state index contributed by atoms with van der Waals surface area (Å²) in [5.41, 5.74) is 1.75. The summed E-state index contributed by atoms with van der Waals surface area (Å²) in [6.07, 6.45) is 2.40. The first-order chi connectivity index (χ1) is 10.2. The van der Waals surface area contributed by atoms with Crippen LogP contribution in [0.15, 0.2) is 30.3 Å². The number of hydrogen-bond donors (Lipinski definition) is 2. The Morgan fingerprint density at radius 1 is 1.43 bits per heavy atom. The van der Waals surface area contributed by atoms with Crippen LogP contribution in [0.1, 0.15) is 25.3 Å². The van der Waals surface area contributed by atoms with Crippen LogP contribution in [0.2, 0.25) is 0 Å². The highest BCUT2D eigenvalue weighted by molar-refractivity contribution is 5.82. The van der Waals surface area contributed by atoms with Crippen LogP contribution < -0.4 is 10.6 Å². The molecule has 0 bridgehead atoms. The van der Waals surface area contributed by atoms with Crippen LogP contribution in [0.5, 0.6) is 0 Å². The standard InChI is InChI=1S/C17H20N4/c1-17(7-4-8-19-11-17)12-20-16-14(10-18)9-13-5-2-3-6-15(13)21-16/h2-3,5-6,9,19H,4,7-8,11-12H2,1H3,(H,20,21). The number of nitrogens with one attached hydrogen (secondary N) is 2. The smallest absolute Gasteiger partial charge is 0.144 e. The van der Waals surface area contributed by atoms with Gasteiger partial charge < -0.3 is 10.6 Å². The number of pyridine rings is 1. The maximum atomic E-state index is 9.34. The van der Waals surface area contributed by atoms with Crippen molar-refractivity contribution < 1.29 is 0 Å². The van der Waals surface area contributed by atoms with Gasteiger partial charge in [0, 0.05) is 18.5 Å². The molecule has 1 aromatic heterocycles. The van der Waals surface area contributed by atoms with Crippen molar-refractivity contribution in [2.75, 3.05) is 25.0 Å². The summed E-state index contributed by atoms with van der Waals surface area (Å²) < 4.78 is 0. The number of para-hydroxylation sites is 1. The minimum atomic E-state index is 0.221. The van der Waals surface area contributed by atoms with Crippen molar-refractivity contribution in [2.45, 2.75) is 19.8 Å². The lowest BCUT2D eigenvalue weighted by Crippen LogP contribution is -2.42. The first-order valence-corrected chi connectivity index (χ1v) is 7.45. The van der Waals surface area contributed by atoms with E-state index in [1.807, 2.05) is 30.3 Å². The molecule has 4 heteroatoms. The minimum Gasteiger partial charge on any atom is -0.368 e. The zero-order chi connectivity index (χ0) is 14.7. The first-order valence-electron chi connectivity index (χ1n) is 7.45. The Bertz CT molecular complexity index is 681. The lowest BCUT2D eigenvalue weighted by molar-refractivity contribution is 0.253. The Labute approximate surface area is 125 Å². The number of nitriles is 1. The van der Waals surface area contributed by atoms with Gasteiger partial charge in [-0.05, 0) is 36.9 Å². The molecule has 1 aliphatic rings. The van der Waals surface area contributed by atoms with E-state index in [1.165, 1.54) is 12.8 Å². The van der Waals surface area contributed by atoms with Crippen LogP contribution in [-0.2, 0) is 0 Å². The molecular weight excluding hydrogens is 260 g/mol. The van der Waals surface area contributed by atoms with Gasteiger partial charge in [-0.3, -0.25) is 0 Å². The normalized spacial score (nSPS) is 21.9. The number of aromatic nitrogens is 1. The van der Waals surface area contributed by atoms with E-state index in [1.54, 1.807) is 0 Å². The topological polar surface area (TPSA) is 60.7 Å². The highest BCUT2D eigenvalue weighted by atomic mass is 15.0. The third-order valence-electron chi connectivity index (χ3n) is 4.21. The third-order valence-corrected chi connectivity index (χ3v) is 4.21. The molecule has 1 fully saturated rings. The van der Waals surface area contributed by atoms with Gasteiger partial charge in [0.2, 0.25) is 0 Å². The van der Waals surface area contributed by atoms with Gasteiger partial charge in [-0.25, -0.2) is 4.98 Å². The molecule has 0 saturated carbocycles. The average molecular weight is 280 g/mol. The maximum Gasteiger partial charge on any atom is 0.144 e. The lowest BCUT2D eigenvalue weighted by Gasteiger charge is -2.34. The second-order valence-electron chi connectivity index (χ2n) is 6.13. The number of benzene rings is 1. The number of nitrogens with zero attached hydrogens (tertiary/aromatic N) is 2. The summed E-state index contributed by atoms with van der Waals surface area (Å²) in [4.78, 5) is 4.61. The largest absolute Gasteiger partial charge is 0.368 e. The predicted octanol–water partition coefficient (Wildman–Crippen LogP) is 2.91. The molecule has 0 radical (unpaired) electrons. The van der Waals surface area contributed by atoms with Crippen LogP contribution in [0.4, 0.5) is 5.82 Å². The molecule has 21 heavy (non-hydrogen) atoms. The van der Waals surface area contributed by atoms with Crippen molar-refractivity contribution in [2.24, 2.45) is 5.41 Å². The number of anilines is 1. The summed E-state index contributed by atoms with van der Waals surface area (Å²) in [7, 11) is 0. The SMILES string of the molecule is CC1(CNc2nc3ccccc3cc2C#N)CCCNC1. The van der Waals surface area contributed by atoms with Crippen LogP contribution >= 0.6 is 0 Å². The Balaban J connectivity index is 1.84. The van der Waals surface area contributed by atoms with Crippen LogP contribution in [0.25, 0.3) is 10.9 Å². The molecule has 2 heterocycles. The molecule has 1 saturated heterocycles. The Hall–Kier alpha value is -2.12. The molecule has 3 rings (SSSR count). The van der Waals surface area contributed by atoms with Gasteiger partial charge in [0.05, 0.1) is 11.1 Å². The molecule has 0 spiro atoms. The average Bonchev–Trinajstić information content (AvgIpc) is 2.53. The number of piperidine rings is 1. The van der Waals surface area contributed by atoms with Crippen LogP contribution in [-0.4, -0.2) is 24.6 Å². The maximum absolute atomic E-state index is 9.34. The molecule has 2 aromatic rings. The Morgan fingerprint density at radius 2 is 2.29 bits per heavy atom. The monoisotopic (exact) mass is 280 g/mol. The van der Waals surface area contributed by atoms with Gasteiger partial charge in [0.25, 0.3) is 0 Å². The summed E-state index contributed by atoms with van der Waals surface area (Å²) >= 11 is 0. The van der Waals surface area contributed by atoms with Crippen molar-refractivity contribution in [1.82, 2.24) is 10.3 Å². The van der Waals surface area contributed by atoms with E-state index >= 15 is 0 Å².